The standard InChI is InChI=1S/C84H131N15O22S2/c1-9-48(8)75(99-76(113)51(18-15-31-91-84(89)90)36-66(105)59(85)32-45(2)3)69(108)39-57(46(4)5)79(116)94-60(25-28-71(88)109)58(43-122)80(117)95-61(19-13-14-20-70(86)87)67(106)38-54(42-101)78(115)98-74(47(6)7)82(119)96-62(26-30-73(111)112)81(118)92-40-56(103)35-53(41-100)77(114)97-64(44-123)65(104)27-29-72(110)93-63(34-49-16-11-10-12-17-49)68(107)37-52(83(120)121)33-50-21-23-55(102)24-22-50/h10-12,16-17,21-24,45-48,51-54,57-64,74-75,100-102,122-123H,9,13-15,18-20,25-44,85H2,1-8H3,(H3,86,87)(H2,88,109)(H,92,118)(H,93,110)(H,94,116)(H,95,117)(H,96,119)(H,97,114)(H,98,115)(H,99,113)(H,111,112)(H,120,121)(H4,89,90,91)/t48-,51+,52+,53-,54-,57-,58+,59-,60-,61-,62-,63-,64-,74-,75-/m0/s1. The van der Waals surface area contributed by atoms with Gasteiger partial charge in [-0.2, -0.15) is 25.3 Å². The molecule has 15 atom stereocenters. The third-order valence-corrected chi connectivity index (χ3v) is 21.9. The van der Waals surface area contributed by atoms with Gasteiger partial charge in [0.15, 0.2) is 34.9 Å². The van der Waals surface area contributed by atoms with Gasteiger partial charge in [-0.3, -0.25) is 91.9 Å². The van der Waals surface area contributed by atoms with E-state index in [2.05, 4.69) is 72.8 Å². The number of nitrogens with two attached hydrogens (primary N) is 5. The van der Waals surface area contributed by atoms with Gasteiger partial charge in [-0.1, -0.05) is 111 Å². The number of carbonyl (C=O) groups is 17. The number of aliphatic carboxylic acids is 2. The van der Waals surface area contributed by atoms with Gasteiger partial charge in [-0.25, -0.2) is 0 Å². The van der Waals surface area contributed by atoms with Crippen LogP contribution in [0.1, 0.15) is 189 Å². The van der Waals surface area contributed by atoms with E-state index in [1.165, 1.54) is 38.1 Å². The third kappa shape index (κ3) is 41.7. The van der Waals surface area contributed by atoms with E-state index in [1.807, 2.05) is 13.8 Å². The molecule has 9 amide bonds. The minimum atomic E-state index is -1.71. The van der Waals surface area contributed by atoms with E-state index in [-0.39, 0.29) is 112 Å². The van der Waals surface area contributed by atoms with Crippen LogP contribution in [0, 0.1) is 64.6 Å². The molecule has 2 aromatic carbocycles. The van der Waals surface area contributed by atoms with Crippen molar-refractivity contribution < 1.29 is 107 Å². The number of aliphatic imine (C=N–C) groups is 1. The number of guanidine groups is 1. The molecule has 0 heterocycles. The summed E-state index contributed by atoms with van der Waals surface area (Å²) in [5.41, 5.74) is 29.7. The Bertz CT molecular complexity index is 3910. The Morgan fingerprint density at radius 2 is 1.04 bits per heavy atom. The normalized spacial score (nSPS) is 15.0. The number of rotatable bonds is 65. The zero-order valence-electron chi connectivity index (χ0n) is 71.6. The summed E-state index contributed by atoms with van der Waals surface area (Å²) in [6, 6.07) is 3.76. The number of nitrogens with one attached hydrogen (secondary N) is 9. The van der Waals surface area contributed by atoms with Gasteiger partial charge in [0.05, 0.1) is 79.5 Å². The maximum Gasteiger partial charge on any atom is 0.307 e. The summed E-state index contributed by atoms with van der Waals surface area (Å²) in [4.78, 5) is 236. The van der Waals surface area contributed by atoms with E-state index in [4.69, 9.17) is 34.1 Å². The Hall–Kier alpha value is -10.3. The largest absolute Gasteiger partial charge is 0.508 e. The highest BCUT2D eigenvalue weighted by atomic mass is 32.1. The molecule has 0 aliphatic carbocycles. The fraction of sp³-hybridized carbons (Fsp3) is 0.631. The highest BCUT2D eigenvalue weighted by Gasteiger charge is 2.40. The summed E-state index contributed by atoms with van der Waals surface area (Å²) in [5, 5.41) is 78.6. The second-order valence-electron chi connectivity index (χ2n) is 32.4. The fourth-order valence-corrected chi connectivity index (χ4v) is 14.2. The number of amides is 9. The molecule has 24 N–H and O–H groups in total. The molecule has 2 aromatic rings. The Kier molecular flexibility index (Phi) is 50.6. The maximum atomic E-state index is 14.7. The minimum absolute atomic E-state index is 0.0275. The van der Waals surface area contributed by atoms with Crippen molar-refractivity contribution in [3.05, 3.63) is 65.7 Å². The van der Waals surface area contributed by atoms with E-state index in [0.717, 1.165) is 0 Å². The van der Waals surface area contributed by atoms with Crippen LogP contribution in [0.15, 0.2) is 59.6 Å². The van der Waals surface area contributed by atoms with Crippen LogP contribution in [-0.2, 0) is 94.3 Å². The molecule has 0 aliphatic rings. The average molecular weight is 1770 g/mol. The minimum Gasteiger partial charge on any atom is -0.508 e. The summed E-state index contributed by atoms with van der Waals surface area (Å²) in [6.45, 7) is 11.0. The topological polar surface area (TPSA) is 654 Å². The van der Waals surface area contributed by atoms with Crippen LogP contribution in [0.4, 0.5) is 0 Å². The van der Waals surface area contributed by atoms with Crippen molar-refractivity contribution in [3.8, 4) is 5.75 Å². The number of phenolic OH excluding ortho intramolecular Hbond substituents is 1. The number of aromatic hydroxyl groups is 1. The summed E-state index contributed by atoms with van der Waals surface area (Å²) in [5.74, 6) is -25.2. The molecule has 0 bridgehead atoms. The van der Waals surface area contributed by atoms with Crippen molar-refractivity contribution in [2.45, 2.75) is 239 Å². The van der Waals surface area contributed by atoms with Crippen LogP contribution in [0.5, 0.6) is 5.75 Å². The van der Waals surface area contributed by atoms with Gasteiger partial charge < -0.3 is 96.7 Å². The van der Waals surface area contributed by atoms with E-state index >= 15 is 0 Å². The lowest BCUT2D eigenvalue weighted by atomic mass is 9.83. The first-order valence-electron chi connectivity index (χ1n) is 41.6. The summed E-state index contributed by atoms with van der Waals surface area (Å²) in [6.07, 6.45) is -4.11. The number of carboxylic acids is 2. The van der Waals surface area contributed by atoms with E-state index in [1.54, 1.807) is 58.0 Å². The highest BCUT2D eigenvalue weighted by Crippen LogP contribution is 2.26. The van der Waals surface area contributed by atoms with Crippen molar-refractivity contribution in [2.24, 2.45) is 92.8 Å². The predicted octanol–water partition coefficient (Wildman–Crippen LogP) is 0.870. The Labute approximate surface area is 728 Å². The molecular weight excluding hydrogens is 1640 g/mol. The Morgan fingerprint density at radius 3 is 1.59 bits per heavy atom. The average Bonchev–Trinajstić information content (AvgIpc) is 0.907. The van der Waals surface area contributed by atoms with E-state index in [0.29, 0.717) is 30.4 Å². The number of Topliss-reactive ketones (excluding diaryl/α,β-unsaturated/α-hetero) is 6. The first-order chi connectivity index (χ1) is 57.9. The molecule has 0 spiro atoms. The number of phenols is 1. The SMILES string of the molecule is CC[C@H](C)[C@H](NC(=O)[C@H](CCCN=C(N)N)CC(=O)[C@@H](N)CC(C)C)C(=O)C[C@H](C(=O)N[C@@H](CCC(N)=O)[C@@H](CS)C(=O)N[C@@H](CCCCC(=N)N)C(=O)C[C@@H](CO)C(=O)N[C@H](C(=O)N[C@@H](CCC(=O)O)C(=O)NCC(=O)C[C@@H](CO)C(=O)N[C@@H](CS)C(=O)CCC(=O)N[C@@H](Cc1ccccc1)C(=O)C[C@@H](Cc1ccc(O)cc1)C(=O)O)C(C)C)C(C)C. The molecule has 39 heteroatoms. The molecule has 0 fully saturated rings. The van der Waals surface area contributed by atoms with Gasteiger partial charge in [0.2, 0.25) is 53.2 Å². The molecule has 0 aliphatic heterocycles. The zero-order valence-corrected chi connectivity index (χ0v) is 73.4. The quantitative estimate of drug-likeness (QED) is 0.0189. The van der Waals surface area contributed by atoms with Gasteiger partial charge in [-0.05, 0) is 105 Å². The number of carboxylic acid groups (broad SMARTS) is 2. The van der Waals surface area contributed by atoms with Gasteiger partial charge in [0.1, 0.15) is 23.6 Å². The number of primary amides is 1. The van der Waals surface area contributed by atoms with Crippen molar-refractivity contribution in [1.82, 2.24) is 42.5 Å². The number of benzene rings is 2. The fourth-order valence-electron chi connectivity index (χ4n) is 13.5. The smallest absolute Gasteiger partial charge is 0.307 e. The molecule has 686 valence electrons. The molecule has 123 heavy (non-hydrogen) atoms. The second-order valence-corrected chi connectivity index (χ2v) is 33.1. The summed E-state index contributed by atoms with van der Waals surface area (Å²) >= 11 is 8.64. The number of aliphatic hydroxyl groups is 2. The maximum absolute atomic E-state index is 14.7. The second kappa shape index (κ2) is 57.2. The van der Waals surface area contributed by atoms with Crippen LogP contribution in [-0.4, -0.2) is 223 Å². The number of nitrogens with zero attached hydrogens (tertiary/aromatic N) is 1. The number of carbonyl (C=O) groups excluding carboxylic acids is 15. The first kappa shape index (κ1) is 109. The first-order valence-corrected chi connectivity index (χ1v) is 42.8. The number of ketones is 6. The lowest BCUT2D eigenvalue weighted by Gasteiger charge is -2.31. The highest BCUT2D eigenvalue weighted by molar-refractivity contribution is 7.80. The number of amidine groups is 1. The van der Waals surface area contributed by atoms with Crippen molar-refractivity contribution in [3.63, 3.8) is 0 Å². The van der Waals surface area contributed by atoms with Gasteiger partial charge in [0, 0.05) is 100 Å². The third-order valence-electron chi connectivity index (χ3n) is 21.1. The molecule has 0 aromatic heterocycles. The van der Waals surface area contributed by atoms with Crippen LogP contribution < -0.4 is 71.2 Å². The van der Waals surface area contributed by atoms with Crippen molar-refractivity contribution in [1.29, 1.82) is 5.41 Å². The predicted molar refractivity (Wildman–Crippen MR) is 463 cm³/mol. The van der Waals surface area contributed by atoms with Gasteiger partial charge >= 0.3 is 11.9 Å². The van der Waals surface area contributed by atoms with Crippen LogP contribution in [0.3, 0.4) is 0 Å². The zero-order chi connectivity index (χ0) is 92.9. The summed E-state index contributed by atoms with van der Waals surface area (Å²) < 4.78 is 0. The van der Waals surface area contributed by atoms with Crippen LogP contribution in [0.25, 0.3) is 0 Å². The molecule has 2 rings (SSSR count). The number of unbranched alkanes of at least 4 members (excludes halogenated alkanes) is 1. The van der Waals surface area contributed by atoms with Gasteiger partial charge in [0.25, 0.3) is 0 Å². The Balaban J connectivity index is 2.32. The number of thiol groups is 2. The molecule has 0 saturated carbocycles. The van der Waals surface area contributed by atoms with Gasteiger partial charge in [-0.15, -0.1) is 0 Å². The number of hydrogen-bond acceptors (Lipinski definition) is 25. The molecule has 0 unspecified atom stereocenters. The lowest BCUT2D eigenvalue weighted by Crippen LogP contribution is -2.57. The Morgan fingerprint density at radius 1 is 0.480 bits per heavy atom. The number of hydrogen-bond donors (Lipinski definition) is 21. The van der Waals surface area contributed by atoms with Crippen LogP contribution in [0.2, 0.25) is 0 Å². The van der Waals surface area contributed by atoms with E-state index < -0.39 is 267 Å². The number of aliphatic hydroxyl groups excluding tert-OH is 2. The van der Waals surface area contributed by atoms with Crippen molar-refractivity contribution in [2.75, 3.05) is 37.8 Å². The lowest BCUT2D eigenvalue weighted by molar-refractivity contribution is -0.144. The monoisotopic (exact) mass is 1770 g/mol. The van der Waals surface area contributed by atoms with Crippen molar-refractivity contribution >= 4 is 137 Å². The molecular formula is C84H131N15O22S2. The van der Waals surface area contributed by atoms with E-state index in [9.17, 15) is 107 Å². The summed E-state index contributed by atoms with van der Waals surface area (Å²) in [7, 11) is 0. The molecule has 37 nitrogen and oxygen atoms in total. The molecule has 0 saturated heterocycles. The molecule has 0 radical (unpaired) electrons. The van der Waals surface area contributed by atoms with Crippen LogP contribution >= 0.6 is 25.3 Å².